The van der Waals surface area contributed by atoms with Gasteiger partial charge in [0.15, 0.2) is 61.8 Å². The van der Waals surface area contributed by atoms with Crippen molar-refractivity contribution in [3.63, 3.8) is 0 Å². The highest BCUT2D eigenvalue weighted by Crippen LogP contribution is 2.40. The van der Waals surface area contributed by atoms with Crippen molar-refractivity contribution < 1.29 is 99.6 Å². The van der Waals surface area contributed by atoms with Crippen molar-refractivity contribution in [2.24, 2.45) is 10.2 Å². The Labute approximate surface area is 621 Å². The number of alkyl halides is 4. The highest BCUT2D eigenvalue weighted by atomic mass is 35.6. The normalized spacial score (nSPS) is 24.8. The van der Waals surface area contributed by atoms with Gasteiger partial charge in [-0.25, -0.2) is 36.7 Å². The Kier molecular flexibility index (Phi) is 39.7. The number of aliphatic hydroxyl groups is 4. The number of halogens is 9. The van der Waals surface area contributed by atoms with Gasteiger partial charge in [-0.05, 0) is 76.4 Å². The number of nitrogens with two attached hydrogens (primary N) is 4. The maximum atomic E-state index is 14.7. The van der Waals surface area contributed by atoms with Crippen molar-refractivity contribution in [2.75, 3.05) is 62.5 Å². The highest BCUT2D eigenvalue weighted by Gasteiger charge is 2.51. The van der Waals surface area contributed by atoms with E-state index in [9.17, 15) is 61.6 Å². The highest BCUT2D eigenvalue weighted by molar-refractivity contribution is 7.35. The van der Waals surface area contributed by atoms with Crippen LogP contribution in [0.1, 0.15) is 98.1 Å². The molecule has 604 valence electrons. The fourth-order valence-electron chi connectivity index (χ4n) is 11.1. The first kappa shape index (κ1) is 95.4. The molecule has 0 aliphatic carbocycles. The van der Waals surface area contributed by atoms with Crippen LogP contribution >= 0.6 is 11.1 Å². The van der Waals surface area contributed by atoms with Crippen LogP contribution in [-0.2, 0) is 42.7 Å². The van der Waals surface area contributed by atoms with E-state index in [0.717, 1.165) is 31.5 Å². The van der Waals surface area contributed by atoms with Crippen LogP contribution < -0.4 is 56.1 Å². The molecule has 4 unspecified atom stereocenters. The summed E-state index contributed by atoms with van der Waals surface area (Å²) in [5.74, 6) is -1.48. The molecule has 45 heteroatoms. The van der Waals surface area contributed by atoms with Crippen LogP contribution in [-0.4, -0.2) is 191 Å². The van der Waals surface area contributed by atoms with Crippen molar-refractivity contribution in [2.45, 2.75) is 177 Å². The molecule has 109 heavy (non-hydrogen) atoms. The number of anilines is 4. The van der Waals surface area contributed by atoms with Gasteiger partial charge in [0, 0.05) is 60.9 Å². The molecule has 0 spiro atoms. The molecule has 5 fully saturated rings. The van der Waals surface area contributed by atoms with Crippen molar-refractivity contribution in [3.8, 4) is 0 Å². The van der Waals surface area contributed by atoms with Gasteiger partial charge in [-0.1, -0.05) is 106 Å². The number of aliphatic hydroxyl groups excluding tert-OH is 4. The average molecular weight is 1600 g/mol. The second-order valence-electron chi connectivity index (χ2n) is 24.6. The van der Waals surface area contributed by atoms with E-state index in [1.807, 2.05) is 12.1 Å². The molecular formula is C64H89ClF8N18O17Si. The number of ether oxygens (including phenoxy) is 7. The second-order valence-corrected chi connectivity index (χ2v) is 30.3. The summed E-state index contributed by atoms with van der Waals surface area (Å²) in [5, 5.41) is 46.1. The van der Waals surface area contributed by atoms with Crippen molar-refractivity contribution >= 4 is 64.0 Å². The Morgan fingerprint density at radius 2 is 0.844 bits per heavy atom. The number of benzene rings is 2. The number of esters is 2. The molecule has 0 radical (unpaired) electrons. The van der Waals surface area contributed by atoms with Gasteiger partial charge in [-0.2, -0.15) is 31.0 Å². The van der Waals surface area contributed by atoms with E-state index in [1.165, 1.54) is 72.3 Å². The standard InChI is InChI=1S/C16H19ClSi.C13H17FN6O4.C12H15FN6O5.C10H14FN3O3.C9H12FN3O4.C4H8O.4FH/c1-16(2,3)18(17,14-10-6-4-7-11-14)15-12-8-5-9-13-15;1-2-7-11(24-9(21)3-5-17-19-16)10(14)12(23-7)20-6-4-8(15)18-13(20)22;13-9-10(24-8(21)1-3-16-18-15)6(5-20)23-11(9)19-4-2-7(14)17-12(19)22;1-2-5-8(15)7(11)9(17-5)14-4-3-6(12)13-10(14)16;10-6-7(15)4(3-14)17-8(6)13-2-1-5(11)12-9(13)16;1-2-4-5-3-1;;;;/h4-13H,1-3H3;4,6-7,10-12H,2-3,5H2,1H3,(H2,15,18,22);2,4,6,9-11,20H,1,3,5H2,(H2,14,17,22);3-5,7-9,15H,2H2,1H3,(H2,12,13,16);1-2,4,6-8,14-15H,3H2,(H2,11,12,16);1-4H2;4*1H/t;7-,10+,11?,12-;6-,9+,10?,11-;5-,7+,8?,9-;4-,6+,7?,8-;;;;;/m.1111...../s1. The number of carbonyl (C=O) groups excluding carboxylic acids is 2. The summed E-state index contributed by atoms with van der Waals surface area (Å²) < 4.78 is 96.6. The van der Waals surface area contributed by atoms with Gasteiger partial charge in [0.05, 0.1) is 32.2 Å². The molecule has 2 aromatic carbocycles. The number of aromatic nitrogens is 8. The number of hydrogen-bond donors (Lipinski definition) is 8. The van der Waals surface area contributed by atoms with Crippen LogP contribution in [0.15, 0.2) is 139 Å². The molecule has 16 atom stereocenters. The molecule has 5 aliphatic rings. The number of nitrogens with zero attached hydrogens (tertiary/aromatic N) is 14. The minimum absolute atomic E-state index is 0. The summed E-state index contributed by atoms with van der Waals surface area (Å²) in [6, 6.07) is 26.4. The van der Waals surface area contributed by atoms with E-state index in [1.54, 1.807) is 13.8 Å². The summed E-state index contributed by atoms with van der Waals surface area (Å²) >= 11 is 7.21. The van der Waals surface area contributed by atoms with Crippen LogP contribution in [0.3, 0.4) is 0 Å². The van der Waals surface area contributed by atoms with E-state index in [0.29, 0.717) is 12.8 Å². The van der Waals surface area contributed by atoms with Crippen LogP contribution in [0.2, 0.25) is 5.04 Å². The summed E-state index contributed by atoms with van der Waals surface area (Å²) in [7, 11) is -2.23. The quantitative estimate of drug-likeness (QED) is 0.0114. The number of azide groups is 2. The van der Waals surface area contributed by atoms with Gasteiger partial charge in [0.2, 0.25) is 7.38 Å². The van der Waals surface area contributed by atoms with Crippen molar-refractivity contribution in [1.29, 1.82) is 0 Å². The van der Waals surface area contributed by atoms with Gasteiger partial charge in [-0.3, -0.25) is 46.7 Å². The molecule has 5 saturated heterocycles. The van der Waals surface area contributed by atoms with Gasteiger partial charge < -0.3 is 76.5 Å². The molecule has 6 aromatic rings. The van der Waals surface area contributed by atoms with Crippen molar-refractivity contribution in [3.05, 3.63) is 173 Å². The summed E-state index contributed by atoms with van der Waals surface area (Å²) in [6.45, 7) is 10.9. The lowest BCUT2D eigenvalue weighted by molar-refractivity contribution is -0.155. The summed E-state index contributed by atoms with van der Waals surface area (Å²) in [4.78, 5) is 88.8. The number of carbonyl (C=O) groups is 2. The Balaban J connectivity index is 0.000000453. The maximum Gasteiger partial charge on any atom is 0.351 e. The topological polar surface area (TPSA) is 521 Å². The van der Waals surface area contributed by atoms with Crippen LogP contribution in [0.25, 0.3) is 20.9 Å². The third-order valence-electron chi connectivity index (χ3n) is 16.5. The molecule has 35 nitrogen and oxygen atoms in total. The Morgan fingerprint density at radius 1 is 0.541 bits per heavy atom. The Morgan fingerprint density at radius 3 is 1.12 bits per heavy atom. The van der Waals surface area contributed by atoms with E-state index < -0.39 is 154 Å². The van der Waals surface area contributed by atoms with E-state index in [-0.39, 0.29) is 73.1 Å². The Bertz CT molecular complexity index is 3890. The van der Waals surface area contributed by atoms with Gasteiger partial charge in [-0.15, -0.1) is 0 Å². The first-order chi connectivity index (χ1) is 50.0. The summed E-state index contributed by atoms with van der Waals surface area (Å²) in [6.07, 6.45) is -13.1. The SMILES string of the molecule is C1CCOC1.CC(C)(C)[Si](Cl)(c1ccccc1)c1ccccc1.CC[C@H]1O[C@@H](n2ccc(N)nc2=O)[C@@H](F)C1O.CC[C@H]1O[C@@H](n2ccc(N)nc2=O)[C@@H](F)C1OC(=O)CCN=[N+]=[N-].F.F.F.F.Nc1ccn([C@@H]2O[C@H](CO)C(O)[C@@H]2F)c(=O)n1.[N-]=[N+]=NCCC(=O)OC1[C@@H](CO)O[C@@H](n2ccc(N)nc2=O)[C@H]1F. The predicted molar refractivity (Wildman–Crippen MR) is 384 cm³/mol. The third-order valence-corrected chi connectivity index (χ3v) is 23.8. The fraction of sp³-hybridized carbons (Fsp3) is 0.531. The molecule has 9 heterocycles. The fourth-order valence-corrected chi connectivity index (χ4v) is 15.2. The smallest absolute Gasteiger partial charge is 0.351 e. The predicted octanol–water partition coefficient (Wildman–Crippen LogP) is 4.19. The zero-order valence-electron chi connectivity index (χ0n) is 59.3. The molecule has 0 saturated carbocycles. The lowest BCUT2D eigenvalue weighted by atomic mass is 10.1. The molecule has 4 aromatic heterocycles. The van der Waals surface area contributed by atoms with E-state index >= 15 is 0 Å². The van der Waals surface area contributed by atoms with Crippen LogP contribution in [0.4, 0.5) is 59.7 Å². The van der Waals surface area contributed by atoms with Crippen LogP contribution in [0.5, 0.6) is 0 Å². The molecular weight excluding hydrogens is 1510 g/mol. The molecule has 12 N–H and O–H groups in total. The van der Waals surface area contributed by atoms with E-state index in [2.05, 4.69) is 109 Å². The minimum atomic E-state index is -2.23. The second kappa shape index (κ2) is 45.3. The largest absolute Gasteiger partial charge is 0.456 e. The third kappa shape index (κ3) is 25.2. The summed E-state index contributed by atoms with van der Waals surface area (Å²) in [5.41, 5.74) is 34.6. The number of nitrogen functional groups attached to an aromatic ring is 4. The molecule has 0 amide bonds. The van der Waals surface area contributed by atoms with Gasteiger partial charge in [0.1, 0.15) is 53.8 Å². The minimum Gasteiger partial charge on any atom is -0.456 e. The Hall–Kier alpha value is -9.69. The van der Waals surface area contributed by atoms with Gasteiger partial charge >= 0.3 is 34.7 Å². The monoisotopic (exact) mass is 1600 g/mol. The zero-order valence-corrected chi connectivity index (χ0v) is 61.1. The van der Waals surface area contributed by atoms with Crippen molar-refractivity contribution in [1.82, 2.24) is 38.2 Å². The zero-order chi connectivity index (χ0) is 77.3. The lowest BCUT2D eigenvalue weighted by Crippen LogP contribution is -2.59. The average Bonchev–Trinajstić information content (AvgIpc) is 1.75. The maximum absolute atomic E-state index is 14.7. The van der Waals surface area contributed by atoms with Gasteiger partial charge in [0.25, 0.3) is 0 Å². The van der Waals surface area contributed by atoms with E-state index in [4.69, 9.17) is 83.3 Å². The molecule has 5 aliphatic heterocycles. The lowest BCUT2D eigenvalue weighted by Gasteiger charge is -2.38. The first-order valence-corrected chi connectivity index (χ1v) is 35.9. The molecule has 11 rings (SSSR count). The number of hydrogen-bond acceptors (Lipinski definition) is 27. The first-order valence-electron chi connectivity index (χ1n) is 32.9. The number of rotatable bonds is 18. The molecule has 0 bridgehead atoms. The van der Waals surface area contributed by atoms with Crippen LogP contribution in [0, 0.1) is 0 Å².